The van der Waals surface area contributed by atoms with Gasteiger partial charge < -0.3 is 4.74 Å². The first-order valence-corrected chi connectivity index (χ1v) is 8.81. The summed E-state index contributed by atoms with van der Waals surface area (Å²) in [6.07, 6.45) is 0.788. The Hall–Kier alpha value is -2.33. The quantitative estimate of drug-likeness (QED) is 0.693. The van der Waals surface area contributed by atoms with E-state index in [2.05, 4.69) is 0 Å². The lowest BCUT2D eigenvalue weighted by molar-refractivity contribution is -0.143. The summed E-state index contributed by atoms with van der Waals surface area (Å²) in [5, 5.41) is 0. The van der Waals surface area contributed by atoms with Crippen molar-refractivity contribution in [1.29, 1.82) is 0 Å². The molecule has 0 aromatic heterocycles. The number of nitrogens with zero attached hydrogens (tertiary/aromatic N) is 2. The number of likely N-dealkylation sites (tertiary alicyclic amines) is 1. The minimum absolute atomic E-state index is 0.249. The van der Waals surface area contributed by atoms with E-state index in [-0.39, 0.29) is 23.8 Å². The van der Waals surface area contributed by atoms with Crippen LogP contribution < -0.4 is 0 Å². The highest BCUT2D eigenvalue weighted by atomic mass is 32.2. The van der Waals surface area contributed by atoms with Crippen molar-refractivity contribution in [2.75, 3.05) is 27.2 Å². The zero-order valence-corrected chi connectivity index (χ0v) is 14.5. The lowest BCUT2D eigenvalue weighted by atomic mass is 10.2. The Bertz CT molecular complexity index is 821. The second-order valence-electron chi connectivity index (χ2n) is 5.55. The van der Waals surface area contributed by atoms with Crippen molar-refractivity contribution in [3.05, 3.63) is 29.6 Å². The van der Waals surface area contributed by atoms with Gasteiger partial charge in [0.25, 0.3) is 5.91 Å². The van der Waals surface area contributed by atoms with Crippen LogP contribution in [0.4, 0.5) is 4.39 Å². The molecule has 1 fully saturated rings. The number of imide groups is 1. The summed E-state index contributed by atoms with van der Waals surface area (Å²) in [5.41, 5.74) is -0.608. The molecule has 8 nitrogen and oxygen atoms in total. The highest BCUT2D eigenvalue weighted by molar-refractivity contribution is 7.89. The van der Waals surface area contributed by atoms with Gasteiger partial charge in [-0.05, 0) is 24.6 Å². The van der Waals surface area contributed by atoms with Crippen LogP contribution in [0.25, 0.3) is 0 Å². The van der Waals surface area contributed by atoms with Gasteiger partial charge >= 0.3 is 5.97 Å². The number of ether oxygens (including phenoxy) is 1. The highest BCUT2D eigenvalue weighted by Gasteiger charge is 2.28. The van der Waals surface area contributed by atoms with Gasteiger partial charge in [-0.2, -0.15) is 0 Å². The maximum absolute atomic E-state index is 13.8. The van der Waals surface area contributed by atoms with Crippen LogP contribution in [0.1, 0.15) is 23.2 Å². The lowest BCUT2D eigenvalue weighted by Crippen LogP contribution is -2.35. The Labute approximate surface area is 144 Å². The van der Waals surface area contributed by atoms with Gasteiger partial charge in [0, 0.05) is 27.1 Å². The summed E-state index contributed by atoms with van der Waals surface area (Å²) in [6.45, 7) is -0.477. The largest absolute Gasteiger partial charge is 0.452 e. The molecular weight excluding hydrogens is 355 g/mol. The number of sulfonamides is 1. The third-order valence-corrected chi connectivity index (χ3v) is 5.45. The van der Waals surface area contributed by atoms with Gasteiger partial charge in [0.2, 0.25) is 15.9 Å². The van der Waals surface area contributed by atoms with Crippen LogP contribution >= 0.6 is 0 Å². The van der Waals surface area contributed by atoms with E-state index in [1.807, 2.05) is 0 Å². The molecule has 1 heterocycles. The molecule has 136 valence electrons. The van der Waals surface area contributed by atoms with E-state index >= 15 is 0 Å². The smallest absolute Gasteiger partial charge is 0.341 e. The van der Waals surface area contributed by atoms with Gasteiger partial charge in [-0.1, -0.05) is 0 Å². The fourth-order valence-electron chi connectivity index (χ4n) is 2.23. The van der Waals surface area contributed by atoms with Crippen molar-refractivity contribution in [3.8, 4) is 0 Å². The third-order valence-electron chi connectivity index (χ3n) is 3.64. The summed E-state index contributed by atoms with van der Waals surface area (Å²) in [7, 11) is -1.27. The molecule has 1 aliphatic heterocycles. The second-order valence-corrected chi connectivity index (χ2v) is 7.70. The SMILES string of the molecule is CN(C)S(=O)(=O)c1ccc(F)c(C(=O)OCC(=O)N2CCCC2=O)c1. The number of hydrogen-bond acceptors (Lipinski definition) is 6. The second kappa shape index (κ2) is 7.28. The van der Waals surface area contributed by atoms with Crippen molar-refractivity contribution in [1.82, 2.24) is 9.21 Å². The molecule has 0 atom stereocenters. The summed E-state index contributed by atoms with van der Waals surface area (Å²) in [6, 6.07) is 2.70. The predicted octanol–water partition coefficient (Wildman–Crippen LogP) is 0.382. The number of carbonyl (C=O) groups excluding carboxylic acids is 3. The monoisotopic (exact) mass is 372 g/mol. The zero-order chi connectivity index (χ0) is 18.8. The first-order valence-electron chi connectivity index (χ1n) is 7.37. The normalized spacial score (nSPS) is 14.9. The van der Waals surface area contributed by atoms with E-state index < -0.39 is 39.9 Å². The summed E-state index contributed by atoms with van der Waals surface area (Å²) in [4.78, 5) is 35.9. The van der Waals surface area contributed by atoms with Gasteiger partial charge in [-0.25, -0.2) is 21.9 Å². The average Bonchev–Trinajstić information content (AvgIpc) is 2.98. The molecule has 0 aliphatic carbocycles. The fourth-order valence-corrected chi connectivity index (χ4v) is 3.16. The topological polar surface area (TPSA) is 101 Å². The van der Waals surface area contributed by atoms with E-state index in [4.69, 9.17) is 4.74 Å². The summed E-state index contributed by atoms with van der Waals surface area (Å²) >= 11 is 0. The molecule has 0 unspecified atom stereocenters. The van der Waals surface area contributed by atoms with Crippen molar-refractivity contribution < 1.29 is 31.9 Å². The molecule has 0 spiro atoms. The molecule has 1 aliphatic rings. The van der Waals surface area contributed by atoms with Crippen LogP contribution in [-0.4, -0.2) is 62.7 Å². The molecule has 1 saturated heterocycles. The summed E-state index contributed by atoms with van der Waals surface area (Å²) in [5.74, 6) is -3.22. The standard InChI is InChI=1S/C15H17FN2O6S/c1-17(2)25(22,23)10-5-6-12(16)11(8-10)15(21)24-9-14(20)18-7-3-4-13(18)19/h5-6,8H,3-4,7,9H2,1-2H3. The molecule has 1 aromatic carbocycles. The maximum Gasteiger partial charge on any atom is 0.341 e. The van der Waals surface area contributed by atoms with Crippen molar-refractivity contribution in [2.45, 2.75) is 17.7 Å². The van der Waals surface area contributed by atoms with Gasteiger partial charge in [0.15, 0.2) is 6.61 Å². The van der Waals surface area contributed by atoms with Crippen LogP contribution in [0.2, 0.25) is 0 Å². The van der Waals surface area contributed by atoms with E-state index in [0.29, 0.717) is 6.42 Å². The first kappa shape index (κ1) is 19.0. The Morgan fingerprint density at radius 2 is 2.00 bits per heavy atom. The fraction of sp³-hybridized carbons (Fsp3) is 0.400. The van der Waals surface area contributed by atoms with Crippen molar-refractivity contribution in [2.24, 2.45) is 0 Å². The number of esters is 1. The molecule has 0 bridgehead atoms. The first-order chi connectivity index (χ1) is 11.6. The zero-order valence-electron chi connectivity index (χ0n) is 13.7. The minimum Gasteiger partial charge on any atom is -0.452 e. The van der Waals surface area contributed by atoms with E-state index in [9.17, 15) is 27.2 Å². The van der Waals surface area contributed by atoms with E-state index in [1.54, 1.807) is 0 Å². The van der Waals surface area contributed by atoms with E-state index in [1.165, 1.54) is 14.1 Å². The van der Waals surface area contributed by atoms with Crippen molar-refractivity contribution in [3.63, 3.8) is 0 Å². The molecule has 2 amide bonds. The lowest BCUT2D eigenvalue weighted by Gasteiger charge is -2.14. The highest BCUT2D eigenvalue weighted by Crippen LogP contribution is 2.18. The number of benzene rings is 1. The number of carbonyl (C=O) groups is 3. The Balaban J connectivity index is 2.14. The molecule has 0 radical (unpaired) electrons. The Kier molecular flexibility index (Phi) is 5.53. The van der Waals surface area contributed by atoms with Crippen LogP contribution in [-0.2, 0) is 24.3 Å². The van der Waals surface area contributed by atoms with Gasteiger partial charge in [-0.3, -0.25) is 14.5 Å². The minimum atomic E-state index is -3.86. The molecular formula is C15H17FN2O6S. The number of amides is 2. The molecule has 2 rings (SSSR count). The number of rotatable bonds is 5. The van der Waals surface area contributed by atoms with Crippen LogP contribution in [0.5, 0.6) is 0 Å². The van der Waals surface area contributed by atoms with Crippen LogP contribution in [0, 0.1) is 5.82 Å². The number of hydrogen-bond donors (Lipinski definition) is 0. The molecule has 0 N–H and O–H groups in total. The third kappa shape index (κ3) is 4.02. The molecule has 0 saturated carbocycles. The molecule has 1 aromatic rings. The molecule has 25 heavy (non-hydrogen) atoms. The Morgan fingerprint density at radius 1 is 1.32 bits per heavy atom. The van der Waals surface area contributed by atoms with Gasteiger partial charge in [-0.15, -0.1) is 0 Å². The Morgan fingerprint density at radius 3 is 2.56 bits per heavy atom. The number of halogens is 1. The van der Waals surface area contributed by atoms with Crippen molar-refractivity contribution >= 4 is 27.8 Å². The average molecular weight is 372 g/mol. The maximum atomic E-state index is 13.8. The predicted molar refractivity (Wildman–Crippen MR) is 83.5 cm³/mol. The molecule has 10 heteroatoms. The van der Waals surface area contributed by atoms with Gasteiger partial charge in [0.05, 0.1) is 10.5 Å². The summed E-state index contributed by atoms with van der Waals surface area (Å²) < 4.78 is 43.6. The van der Waals surface area contributed by atoms with Gasteiger partial charge in [0.1, 0.15) is 5.82 Å². The van der Waals surface area contributed by atoms with E-state index in [0.717, 1.165) is 27.4 Å². The van der Waals surface area contributed by atoms with Crippen LogP contribution in [0.15, 0.2) is 23.1 Å². The van der Waals surface area contributed by atoms with Crippen LogP contribution in [0.3, 0.4) is 0 Å².